The standard InChI is InChI=1S/C21H20N2O4S/c24-20(21(7-1-2-8-21)19-4-3-9-28-19)22-12-15-11-17(27-23-15)14-5-6-16-18(10-14)26-13-25-16/h3-6,9-11H,1-2,7-8,12-13H2,(H,22,24). The van der Waals surface area contributed by atoms with Crippen molar-refractivity contribution in [3.05, 3.63) is 52.3 Å². The van der Waals surface area contributed by atoms with E-state index in [1.807, 2.05) is 35.7 Å². The van der Waals surface area contributed by atoms with Gasteiger partial charge in [-0.25, -0.2) is 0 Å². The second-order valence-electron chi connectivity index (χ2n) is 7.20. The number of nitrogens with zero attached hydrogens (tertiary/aromatic N) is 1. The van der Waals surface area contributed by atoms with Crippen LogP contribution in [-0.4, -0.2) is 17.9 Å². The Morgan fingerprint density at radius 1 is 1.14 bits per heavy atom. The highest BCUT2D eigenvalue weighted by Crippen LogP contribution is 2.43. The smallest absolute Gasteiger partial charge is 0.231 e. The van der Waals surface area contributed by atoms with Gasteiger partial charge in [0.2, 0.25) is 12.7 Å². The second-order valence-corrected chi connectivity index (χ2v) is 8.15. The van der Waals surface area contributed by atoms with Gasteiger partial charge in [-0.15, -0.1) is 11.3 Å². The van der Waals surface area contributed by atoms with E-state index in [2.05, 4.69) is 16.5 Å². The molecule has 5 rings (SSSR count). The van der Waals surface area contributed by atoms with Crippen LogP contribution < -0.4 is 14.8 Å². The maximum absolute atomic E-state index is 13.1. The normalized spacial score (nSPS) is 17.0. The van der Waals surface area contributed by atoms with E-state index >= 15 is 0 Å². The van der Waals surface area contributed by atoms with E-state index < -0.39 is 5.41 Å². The summed E-state index contributed by atoms with van der Waals surface area (Å²) in [7, 11) is 0. The van der Waals surface area contributed by atoms with Gasteiger partial charge in [-0.3, -0.25) is 4.79 Å². The molecule has 1 aromatic carbocycles. The third-order valence-electron chi connectivity index (χ3n) is 5.53. The molecule has 1 fully saturated rings. The first-order valence-corrected chi connectivity index (χ1v) is 10.3. The zero-order valence-corrected chi connectivity index (χ0v) is 16.1. The Kier molecular flexibility index (Phi) is 4.31. The summed E-state index contributed by atoms with van der Waals surface area (Å²) in [5.41, 5.74) is 1.17. The number of fused-ring (bicyclic) bond motifs is 1. The van der Waals surface area contributed by atoms with E-state index in [4.69, 9.17) is 14.0 Å². The van der Waals surface area contributed by atoms with Crippen LogP contribution in [-0.2, 0) is 16.8 Å². The first kappa shape index (κ1) is 17.3. The highest BCUT2D eigenvalue weighted by molar-refractivity contribution is 7.10. The summed E-state index contributed by atoms with van der Waals surface area (Å²) in [6.45, 7) is 0.582. The predicted octanol–water partition coefficient (Wildman–Crippen LogP) is 4.26. The van der Waals surface area contributed by atoms with E-state index in [1.54, 1.807) is 11.3 Å². The van der Waals surface area contributed by atoms with Gasteiger partial charge >= 0.3 is 0 Å². The van der Waals surface area contributed by atoms with Gasteiger partial charge in [0, 0.05) is 16.5 Å². The third kappa shape index (κ3) is 2.96. The first-order chi connectivity index (χ1) is 13.7. The van der Waals surface area contributed by atoms with Crippen LogP contribution in [0.1, 0.15) is 36.3 Å². The van der Waals surface area contributed by atoms with Crippen LogP contribution in [0.3, 0.4) is 0 Å². The zero-order valence-electron chi connectivity index (χ0n) is 15.3. The first-order valence-electron chi connectivity index (χ1n) is 9.42. The quantitative estimate of drug-likeness (QED) is 0.698. The number of nitrogens with one attached hydrogen (secondary N) is 1. The Labute approximate surface area is 166 Å². The van der Waals surface area contributed by atoms with Crippen molar-refractivity contribution in [3.8, 4) is 22.8 Å². The Balaban J connectivity index is 1.29. The minimum Gasteiger partial charge on any atom is -0.454 e. The number of hydrogen-bond acceptors (Lipinski definition) is 6. The maximum Gasteiger partial charge on any atom is 0.231 e. The number of carbonyl (C=O) groups is 1. The molecule has 0 atom stereocenters. The van der Waals surface area contributed by atoms with Crippen molar-refractivity contribution in [3.63, 3.8) is 0 Å². The molecule has 0 unspecified atom stereocenters. The van der Waals surface area contributed by atoms with Crippen LogP contribution in [0, 0.1) is 0 Å². The molecule has 6 nitrogen and oxygen atoms in total. The molecule has 7 heteroatoms. The molecular weight excluding hydrogens is 376 g/mol. The molecule has 3 aromatic rings. The van der Waals surface area contributed by atoms with Crippen molar-refractivity contribution in [1.29, 1.82) is 0 Å². The minimum absolute atomic E-state index is 0.0834. The van der Waals surface area contributed by atoms with Crippen LogP contribution in [0.15, 0.2) is 46.3 Å². The van der Waals surface area contributed by atoms with Crippen molar-refractivity contribution in [2.45, 2.75) is 37.6 Å². The van der Waals surface area contributed by atoms with Gasteiger partial charge in [0.25, 0.3) is 0 Å². The predicted molar refractivity (Wildman–Crippen MR) is 104 cm³/mol. The van der Waals surface area contributed by atoms with Crippen molar-refractivity contribution in [2.75, 3.05) is 6.79 Å². The van der Waals surface area contributed by atoms with Gasteiger partial charge in [-0.2, -0.15) is 0 Å². The molecule has 3 heterocycles. The summed E-state index contributed by atoms with van der Waals surface area (Å²) in [6.07, 6.45) is 3.98. The molecule has 1 aliphatic carbocycles. The average molecular weight is 396 g/mol. The molecule has 1 N–H and O–H groups in total. The Morgan fingerprint density at radius 3 is 2.82 bits per heavy atom. The maximum atomic E-state index is 13.1. The molecule has 144 valence electrons. The fraction of sp³-hybridized carbons (Fsp3) is 0.333. The van der Waals surface area contributed by atoms with Gasteiger partial charge < -0.3 is 19.3 Å². The molecule has 0 bridgehead atoms. The van der Waals surface area contributed by atoms with E-state index in [0.717, 1.165) is 41.9 Å². The molecule has 1 amide bonds. The fourth-order valence-electron chi connectivity index (χ4n) is 4.04. The summed E-state index contributed by atoms with van der Waals surface area (Å²) in [4.78, 5) is 14.2. The van der Waals surface area contributed by atoms with Crippen molar-refractivity contribution >= 4 is 17.2 Å². The van der Waals surface area contributed by atoms with Gasteiger partial charge in [0.05, 0.1) is 12.0 Å². The number of rotatable bonds is 5. The topological polar surface area (TPSA) is 73.6 Å². The molecule has 0 radical (unpaired) electrons. The number of amides is 1. The molecular formula is C21H20N2O4S. The zero-order chi connectivity index (χ0) is 19.0. The SMILES string of the molecule is O=C(NCc1cc(-c2ccc3c(c2)OCO3)on1)C1(c2cccs2)CCCC1. The molecule has 0 saturated heterocycles. The van der Waals surface area contributed by atoms with E-state index in [9.17, 15) is 4.79 Å². The third-order valence-corrected chi connectivity index (χ3v) is 6.60. The highest BCUT2D eigenvalue weighted by atomic mass is 32.1. The van der Waals surface area contributed by atoms with Crippen LogP contribution in [0.5, 0.6) is 11.5 Å². The number of aromatic nitrogens is 1. The van der Waals surface area contributed by atoms with Gasteiger partial charge in [0.15, 0.2) is 17.3 Å². The lowest BCUT2D eigenvalue weighted by Crippen LogP contribution is -2.41. The number of hydrogen-bond donors (Lipinski definition) is 1. The Hall–Kier alpha value is -2.80. The number of carbonyl (C=O) groups excluding carboxylic acids is 1. The monoisotopic (exact) mass is 396 g/mol. The van der Waals surface area contributed by atoms with E-state index in [1.165, 1.54) is 0 Å². The van der Waals surface area contributed by atoms with Crippen LogP contribution in [0.4, 0.5) is 0 Å². The average Bonchev–Trinajstić information content (AvgIpc) is 3.51. The van der Waals surface area contributed by atoms with E-state index in [0.29, 0.717) is 23.7 Å². The number of ether oxygens (including phenoxy) is 2. The lowest BCUT2D eigenvalue weighted by molar-refractivity contribution is -0.126. The molecule has 0 spiro atoms. The lowest BCUT2D eigenvalue weighted by Gasteiger charge is -2.26. The molecule has 2 aliphatic rings. The van der Waals surface area contributed by atoms with Crippen LogP contribution in [0.25, 0.3) is 11.3 Å². The summed E-state index contributed by atoms with van der Waals surface area (Å²) < 4.78 is 16.2. The lowest BCUT2D eigenvalue weighted by atomic mass is 9.83. The van der Waals surface area contributed by atoms with Gasteiger partial charge in [-0.1, -0.05) is 24.1 Å². The van der Waals surface area contributed by atoms with Crippen molar-refractivity contribution in [1.82, 2.24) is 10.5 Å². The fourth-order valence-corrected chi connectivity index (χ4v) is 5.02. The summed E-state index contributed by atoms with van der Waals surface area (Å²) >= 11 is 1.66. The van der Waals surface area contributed by atoms with Gasteiger partial charge in [0.1, 0.15) is 5.69 Å². The Bertz CT molecular complexity index is 990. The van der Waals surface area contributed by atoms with Crippen LogP contribution in [0.2, 0.25) is 0 Å². The largest absolute Gasteiger partial charge is 0.454 e. The summed E-state index contributed by atoms with van der Waals surface area (Å²) in [6, 6.07) is 11.6. The van der Waals surface area contributed by atoms with Crippen molar-refractivity contribution in [2.24, 2.45) is 0 Å². The summed E-state index contributed by atoms with van der Waals surface area (Å²) in [5, 5.41) is 9.23. The molecule has 28 heavy (non-hydrogen) atoms. The van der Waals surface area contributed by atoms with Gasteiger partial charge in [-0.05, 0) is 42.5 Å². The molecule has 1 aliphatic heterocycles. The second kappa shape index (κ2) is 6.98. The Morgan fingerprint density at radius 2 is 2.00 bits per heavy atom. The minimum atomic E-state index is -0.391. The number of thiophene rings is 1. The molecule has 2 aromatic heterocycles. The number of benzene rings is 1. The highest BCUT2D eigenvalue weighted by Gasteiger charge is 2.43. The van der Waals surface area contributed by atoms with Crippen LogP contribution >= 0.6 is 11.3 Å². The summed E-state index contributed by atoms with van der Waals surface area (Å²) in [5.74, 6) is 2.14. The van der Waals surface area contributed by atoms with Crippen molar-refractivity contribution < 1.29 is 18.8 Å². The van der Waals surface area contributed by atoms with E-state index in [-0.39, 0.29) is 12.7 Å². The molecule has 1 saturated carbocycles.